The number of hydrogen-bond donors (Lipinski definition) is 2. The summed E-state index contributed by atoms with van der Waals surface area (Å²) in [5.41, 5.74) is 4.63. The van der Waals surface area contributed by atoms with Gasteiger partial charge < -0.3 is 29.2 Å². The topological polar surface area (TPSA) is 123 Å². The van der Waals surface area contributed by atoms with Crippen LogP contribution in [0.2, 0.25) is 0 Å². The van der Waals surface area contributed by atoms with Crippen molar-refractivity contribution in [2.75, 3.05) is 20.2 Å². The maximum absolute atomic E-state index is 13.8. The number of aromatic nitrogens is 2. The van der Waals surface area contributed by atoms with Crippen LogP contribution in [0.25, 0.3) is 11.0 Å². The Morgan fingerprint density at radius 1 is 0.977 bits per heavy atom. The minimum Gasteiger partial charge on any atom is -0.465 e. The van der Waals surface area contributed by atoms with Gasteiger partial charge in [-0.05, 0) is 59.9 Å². The van der Waals surface area contributed by atoms with Gasteiger partial charge in [0.15, 0.2) is 5.76 Å². The molecule has 0 bridgehead atoms. The van der Waals surface area contributed by atoms with Crippen LogP contribution >= 0.6 is 0 Å². The molecule has 10 heteroatoms. The lowest BCUT2D eigenvalue weighted by Crippen LogP contribution is -2.42. The fourth-order valence-corrected chi connectivity index (χ4v) is 5.98. The van der Waals surface area contributed by atoms with Gasteiger partial charge in [-0.1, -0.05) is 48.5 Å². The molecule has 2 aliphatic heterocycles. The maximum Gasteiger partial charge on any atom is 0.337 e. The van der Waals surface area contributed by atoms with E-state index in [-0.39, 0.29) is 42.5 Å². The second kappa shape index (κ2) is 12.9. The van der Waals surface area contributed by atoms with Gasteiger partial charge in [0.2, 0.25) is 6.29 Å². The average Bonchev–Trinajstić information content (AvgIpc) is 3.42. The van der Waals surface area contributed by atoms with Crippen molar-refractivity contribution in [3.8, 4) is 0 Å². The molecule has 6 rings (SSSR count). The monoisotopic (exact) mass is 597 g/mol. The number of esters is 1. The van der Waals surface area contributed by atoms with Gasteiger partial charge in [0, 0.05) is 31.5 Å². The highest BCUT2D eigenvalue weighted by atomic mass is 16.7. The van der Waals surface area contributed by atoms with Gasteiger partial charge in [0.1, 0.15) is 0 Å². The number of methoxy groups -OCH3 is 1. The van der Waals surface area contributed by atoms with Gasteiger partial charge in [0.25, 0.3) is 5.91 Å². The van der Waals surface area contributed by atoms with E-state index in [1.54, 1.807) is 21.6 Å². The maximum atomic E-state index is 13.8. The number of hydrogen-bond acceptors (Lipinski definition) is 7. The summed E-state index contributed by atoms with van der Waals surface area (Å²) in [6.45, 7) is 1.21. The second-order valence-corrected chi connectivity index (χ2v) is 11.2. The number of rotatable bonds is 8. The lowest BCUT2D eigenvalue weighted by molar-refractivity contribution is -0.156. The number of imidazole rings is 1. The molecular formula is C34H35N3O7. The first-order chi connectivity index (χ1) is 21.4. The SMILES string of the molecule is COC(=O)c1ccc([C@@H]2C=C(C(=O)N3CCC(n4c(=O)[nH]c5ccccc54)CC3)O[C@H](OCc3ccc(CO)cc3)C2)cc1. The molecule has 0 aliphatic carbocycles. The number of para-hydroxylation sites is 2. The van der Waals surface area contributed by atoms with E-state index in [9.17, 15) is 19.5 Å². The number of carbonyl (C=O) groups is 2. The van der Waals surface area contributed by atoms with Crippen LogP contribution < -0.4 is 5.69 Å². The molecule has 0 spiro atoms. The van der Waals surface area contributed by atoms with Crippen LogP contribution in [0.5, 0.6) is 0 Å². The van der Waals surface area contributed by atoms with Gasteiger partial charge in [-0.15, -0.1) is 0 Å². The zero-order valence-corrected chi connectivity index (χ0v) is 24.5. The number of aliphatic hydroxyl groups is 1. The number of piperidine rings is 1. The van der Waals surface area contributed by atoms with Crippen molar-refractivity contribution in [2.45, 2.75) is 50.7 Å². The first-order valence-electron chi connectivity index (χ1n) is 14.8. The molecule has 0 radical (unpaired) electrons. The Bertz CT molecular complexity index is 1710. The summed E-state index contributed by atoms with van der Waals surface area (Å²) in [7, 11) is 1.34. The van der Waals surface area contributed by atoms with Crippen LogP contribution in [0.1, 0.15) is 58.3 Å². The fraction of sp³-hybridized carbons (Fsp3) is 0.324. The first kappa shape index (κ1) is 29.4. The van der Waals surface area contributed by atoms with Crippen LogP contribution in [0.15, 0.2) is 89.4 Å². The Kier molecular flexibility index (Phi) is 8.63. The predicted octanol–water partition coefficient (Wildman–Crippen LogP) is 4.40. The van der Waals surface area contributed by atoms with Gasteiger partial charge >= 0.3 is 11.7 Å². The minimum absolute atomic E-state index is 0.0154. The highest BCUT2D eigenvalue weighted by Crippen LogP contribution is 2.34. The molecule has 10 nitrogen and oxygen atoms in total. The molecule has 2 aliphatic rings. The van der Waals surface area contributed by atoms with Crippen LogP contribution in [-0.2, 0) is 32.2 Å². The number of allylic oxidation sites excluding steroid dienone is 1. The van der Waals surface area contributed by atoms with E-state index in [1.165, 1.54) is 7.11 Å². The van der Waals surface area contributed by atoms with E-state index in [4.69, 9.17) is 14.2 Å². The summed E-state index contributed by atoms with van der Waals surface area (Å²) in [6.07, 6.45) is 2.92. The van der Waals surface area contributed by atoms with Crippen molar-refractivity contribution in [2.24, 2.45) is 0 Å². The number of aromatic amines is 1. The molecular weight excluding hydrogens is 562 g/mol. The molecule has 4 aromatic rings. The third-order valence-corrected chi connectivity index (χ3v) is 8.41. The van der Waals surface area contributed by atoms with Crippen molar-refractivity contribution in [3.05, 3.63) is 117 Å². The van der Waals surface area contributed by atoms with Gasteiger partial charge in [-0.25, -0.2) is 9.59 Å². The molecule has 0 unspecified atom stereocenters. The van der Waals surface area contributed by atoms with Crippen LogP contribution in [0.4, 0.5) is 0 Å². The number of H-pyrrole nitrogens is 1. The Hall–Kier alpha value is -4.67. The molecule has 2 N–H and O–H groups in total. The lowest BCUT2D eigenvalue weighted by Gasteiger charge is -2.35. The molecule has 1 aromatic heterocycles. The molecule has 3 heterocycles. The van der Waals surface area contributed by atoms with Crippen molar-refractivity contribution in [3.63, 3.8) is 0 Å². The Morgan fingerprint density at radius 2 is 1.68 bits per heavy atom. The summed E-state index contributed by atoms with van der Waals surface area (Å²) in [4.78, 5) is 43.2. The number of likely N-dealkylation sites (tertiary alicyclic amines) is 1. The summed E-state index contributed by atoms with van der Waals surface area (Å²) in [5.74, 6) is -0.590. The van der Waals surface area contributed by atoms with E-state index in [0.29, 0.717) is 37.9 Å². The summed E-state index contributed by atoms with van der Waals surface area (Å²) in [6, 6.07) is 22.2. The third-order valence-electron chi connectivity index (χ3n) is 8.41. The molecule has 1 amide bonds. The van der Waals surface area contributed by atoms with Crippen LogP contribution in [-0.4, -0.2) is 57.9 Å². The number of aliphatic hydroxyl groups excluding tert-OH is 1. The quantitative estimate of drug-likeness (QED) is 0.289. The van der Waals surface area contributed by atoms with Crippen molar-refractivity contribution in [1.82, 2.24) is 14.5 Å². The summed E-state index contributed by atoms with van der Waals surface area (Å²) >= 11 is 0. The fourth-order valence-electron chi connectivity index (χ4n) is 5.98. The molecule has 228 valence electrons. The first-order valence-corrected chi connectivity index (χ1v) is 14.8. The minimum atomic E-state index is -0.677. The molecule has 44 heavy (non-hydrogen) atoms. The highest BCUT2D eigenvalue weighted by molar-refractivity contribution is 5.92. The number of carbonyl (C=O) groups excluding carboxylic acids is 2. The number of amides is 1. The molecule has 2 atom stereocenters. The predicted molar refractivity (Wildman–Crippen MR) is 163 cm³/mol. The average molecular weight is 598 g/mol. The smallest absolute Gasteiger partial charge is 0.337 e. The molecule has 1 fully saturated rings. The van der Waals surface area contributed by atoms with E-state index in [0.717, 1.165) is 27.7 Å². The molecule has 1 saturated heterocycles. The number of nitrogens with one attached hydrogen (secondary N) is 1. The Labute approximate surface area is 254 Å². The summed E-state index contributed by atoms with van der Waals surface area (Å²) < 4.78 is 18.9. The number of nitrogens with zero attached hydrogens (tertiary/aromatic N) is 2. The van der Waals surface area contributed by atoms with Crippen LogP contribution in [0.3, 0.4) is 0 Å². The number of fused-ring (bicyclic) bond motifs is 1. The largest absolute Gasteiger partial charge is 0.465 e. The zero-order chi connectivity index (χ0) is 30.6. The molecule has 0 saturated carbocycles. The number of ether oxygens (including phenoxy) is 3. The van der Waals surface area contributed by atoms with E-state index >= 15 is 0 Å². The van der Waals surface area contributed by atoms with Gasteiger partial charge in [0.05, 0.1) is 36.9 Å². The van der Waals surface area contributed by atoms with Crippen molar-refractivity contribution in [1.29, 1.82) is 0 Å². The highest BCUT2D eigenvalue weighted by Gasteiger charge is 2.33. The van der Waals surface area contributed by atoms with E-state index in [2.05, 4.69) is 4.98 Å². The standard InChI is InChI=1S/C34H35N3O7/c1-42-33(40)25-12-10-24(11-13-25)26-18-30(44-31(19-26)43-21-23-8-6-22(20-38)7-9-23)32(39)36-16-14-27(15-17-36)37-29-5-3-2-4-28(29)35-34(37)41/h2-13,18,26-27,31,38H,14-17,19-21H2,1H3,(H,35,41)/t26-,31+/m1/s1. The summed E-state index contributed by atoms with van der Waals surface area (Å²) in [5, 5.41) is 9.33. The Morgan fingerprint density at radius 3 is 2.39 bits per heavy atom. The van der Waals surface area contributed by atoms with Crippen LogP contribution in [0, 0.1) is 0 Å². The van der Waals surface area contributed by atoms with E-state index in [1.807, 2.05) is 66.7 Å². The van der Waals surface area contributed by atoms with Crippen molar-refractivity contribution < 1.29 is 28.9 Å². The second-order valence-electron chi connectivity index (χ2n) is 11.2. The number of benzene rings is 3. The van der Waals surface area contributed by atoms with Crippen molar-refractivity contribution >= 4 is 22.9 Å². The molecule has 3 aromatic carbocycles. The Balaban J connectivity index is 1.18. The lowest BCUT2D eigenvalue weighted by atomic mass is 9.92. The van der Waals surface area contributed by atoms with Gasteiger partial charge in [-0.3, -0.25) is 9.36 Å². The zero-order valence-electron chi connectivity index (χ0n) is 24.5. The normalized spacial score (nSPS) is 19.0. The third kappa shape index (κ3) is 6.17. The van der Waals surface area contributed by atoms with Gasteiger partial charge in [-0.2, -0.15) is 0 Å². The van der Waals surface area contributed by atoms with E-state index < -0.39 is 12.3 Å².